The van der Waals surface area contributed by atoms with Crippen molar-refractivity contribution in [2.24, 2.45) is 0 Å². The van der Waals surface area contributed by atoms with Crippen LogP contribution in [0.3, 0.4) is 0 Å². The van der Waals surface area contributed by atoms with Gasteiger partial charge in [0.25, 0.3) is 5.91 Å². The van der Waals surface area contributed by atoms with Crippen LogP contribution in [-0.2, 0) is 0 Å². The third kappa shape index (κ3) is 2.10. The number of ether oxygens (including phenoxy) is 1. The van der Waals surface area contributed by atoms with E-state index in [9.17, 15) is 4.79 Å². The lowest BCUT2D eigenvalue weighted by molar-refractivity contribution is 0.102. The maximum Gasteiger partial charge on any atom is 0.336 e. The Morgan fingerprint density at radius 3 is 3.13 bits per heavy atom. The lowest BCUT2D eigenvalue weighted by Gasteiger charge is -1.95. The zero-order chi connectivity index (χ0) is 10.7. The highest BCUT2D eigenvalue weighted by molar-refractivity contribution is 7.11. The highest BCUT2D eigenvalue weighted by atomic mass is 32.1. The quantitative estimate of drug-likeness (QED) is 0.794. The Morgan fingerprint density at radius 1 is 1.67 bits per heavy atom. The van der Waals surface area contributed by atoms with E-state index in [0.29, 0.717) is 4.88 Å². The van der Waals surface area contributed by atoms with Crippen LogP contribution in [0.25, 0.3) is 0 Å². The minimum Gasteiger partial charge on any atom is -0.466 e. The van der Waals surface area contributed by atoms with Crippen molar-refractivity contribution in [2.45, 2.75) is 0 Å². The maximum atomic E-state index is 11.5. The number of carbonyl (C=O) groups is 1. The van der Waals surface area contributed by atoms with Gasteiger partial charge in [-0.25, -0.2) is 5.10 Å². The van der Waals surface area contributed by atoms with Gasteiger partial charge in [0.15, 0.2) is 0 Å². The summed E-state index contributed by atoms with van der Waals surface area (Å²) in [6.07, 6.45) is 1.48. The van der Waals surface area contributed by atoms with E-state index in [1.165, 1.54) is 24.6 Å². The van der Waals surface area contributed by atoms with E-state index in [4.69, 9.17) is 4.74 Å². The van der Waals surface area contributed by atoms with Crippen molar-refractivity contribution in [1.82, 2.24) is 20.2 Å². The molecule has 2 N–H and O–H groups in total. The molecule has 7 nitrogen and oxygen atoms in total. The minimum atomic E-state index is -0.281. The van der Waals surface area contributed by atoms with Crippen molar-refractivity contribution in [3.05, 3.63) is 16.6 Å². The second-order valence-corrected chi connectivity index (χ2v) is 3.38. The third-order valence-electron chi connectivity index (χ3n) is 1.54. The molecule has 8 heteroatoms. The number of H-pyrrole nitrogens is 1. The lowest BCUT2D eigenvalue weighted by Crippen LogP contribution is -2.11. The van der Waals surface area contributed by atoms with Crippen molar-refractivity contribution >= 4 is 23.2 Å². The van der Waals surface area contributed by atoms with Crippen LogP contribution >= 0.6 is 11.3 Å². The smallest absolute Gasteiger partial charge is 0.336 e. The summed E-state index contributed by atoms with van der Waals surface area (Å²) in [7, 11) is 1.44. The fraction of sp³-hybridized carbons (Fsp3) is 0.143. The molecule has 0 unspecified atom stereocenters. The molecule has 0 spiro atoms. The predicted octanol–water partition coefficient (Wildman–Crippen LogP) is 0.522. The zero-order valence-corrected chi connectivity index (χ0v) is 8.54. The average molecular weight is 225 g/mol. The van der Waals surface area contributed by atoms with E-state index in [1.54, 1.807) is 5.51 Å². The van der Waals surface area contributed by atoms with Gasteiger partial charge in [-0.1, -0.05) is 0 Å². The zero-order valence-electron chi connectivity index (χ0n) is 7.72. The summed E-state index contributed by atoms with van der Waals surface area (Å²) in [5.74, 6) is -0.0402. The number of hydrogen-bond donors (Lipinski definition) is 2. The predicted molar refractivity (Wildman–Crippen MR) is 53.0 cm³/mol. The van der Waals surface area contributed by atoms with Gasteiger partial charge in [0.1, 0.15) is 4.88 Å². The number of aromatic nitrogens is 4. The van der Waals surface area contributed by atoms with Crippen molar-refractivity contribution in [3.8, 4) is 6.01 Å². The van der Waals surface area contributed by atoms with Crippen molar-refractivity contribution in [2.75, 3.05) is 12.4 Å². The van der Waals surface area contributed by atoms with Crippen LogP contribution in [0, 0.1) is 0 Å². The average Bonchev–Trinajstić information content (AvgIpc) is 2.87. The van der Waals surface area contributed by atoms with E-state index in [0.717, 1.165) is 0 Å². The van der Waals surface area contributed by atoms with Crippen LogP contribution in [0.2, 0.25) is 0 Å². The highest BCUT2D eigenvalue weighted by Crippen LogP contribution is 2.09. The molecule has 2 aromatic rings. The third-order valence-corrected chi connectivity index (χ3v) is 2.31. The lowest BCUT2D eigenvalue weighted by atomic mass is 10.5. The topological polar surface area (TPSA) is 92.8 Å². The van der Waals surface area contributed by atoms with Gasteiger partial charge >= 0.3 is 6.01 Å². The minimum absolute atomic E-state index is 0.176. The standard InChI is InChI=1S/C7H7N5O2S/c1-14-7-10-6(11-12-7)9-5(13)4-2-8-3-15-4/h2-3H,1H3,(H2,9,10,11,12,13). The van der Waals surface area contributed by atoms with Gasteiger partial charge in [-0.05, 0) is 0 Å². The molecule has 1 amide bonds. The van der Waals surface area contributed by atoms with Gasteiger partial charge in [-0.3, -0.25) is 15.1 Å². The molecular weight excluding hydrogens is 218 g/mol. The van der Waals surface area contributed by atoms with Crippen LogP contribution < -0.4 is 10.1 Å². The fourth-order valence-electron chi connectivity index (χ4n) is 0.891. The molecule has 0 bridgehead atoms. The van der Waals surface area contributed by atoms with Gasteiger partial charge in [-0.15, -0.1) is 16.4 Å². The number of anilines is 1. The summed E-state index contributed by atoms with van der Waals surface area (Å²) in [5, 5.41) is 8.72. The van der Waals surface area contributed by atoms with E-state index in [1.807, 2.05) is 0 Å². The van der Waals surface area contributed by atoms with Crippen LogP contribution in [0.5, 0.6) is 6.01 Å². The number of carbonyl (C=O) groups excluding carboxylic acids is 1. The van der Waals surface area contributed by atoms with E-state index in [2.05, 4.69) is 25.5 Å². The summed E-state index contributed by atoms with van der Waals surface area (Å²) >= 11 is 1.25. The largest absolute Gasteiger partial charge is 0.466 e. The maximum absolute atomic E-state index is 11.5. The Labute approximate surface area is 88.5 Å². The van der Waals surface area contributed by atoms with Crippen molar-refractivity contribution < 1.29 is 9.53 Å². The Kier molecular flexibility index (Phi) is 2.59. The molecule has 0 radical (unpaired) electrons. The molecule has 2 rings (SSSR count). The summed E-state index contributed by atoms with van der Waals surface area (Å²) in [5.41, 5.74) is 1.58. The molecule has 0 aliphatic heterocycles. The SMILES string of the molecule is COc1n[nH]c(NC(=O)c2cncs2)n1. The number of nitrogens with one attached hydrogen (secondary N) is 2. The molecule has 2 heterocycles. The molecule has 15 heavy (non-hydrogen) atoms. The Balaban J connectivity index is 2.06. The molecule has 0 atom stereocenters. The Hall–Kier alpha value is -1.96. The first-order chi connectivity index (χ1) is 7.29. The molecule has 0 aliphatic carbocycles. The number of thiazole rings is 1. The number of rotatable bonds is 3. The van der Waals surface area contributed by atoms with Gasteiger partial charge in [-0.2, -0.15) is 4.98 Å². The normalized spacial score (nSPS) is 9.93. The molecule has 78 valence electrons. The fourth-order valence-corrected chi connectivity index (χ4v) is 1.41. The van der Waals surface area contributed by atoms with Gasteiger partial charge in [0.2, 0.25) is 5.95 Å². The number of nitrogens with zero attached hydrogens (tertiary/aromatic N) is 3. The highest BCUT2D eigenvalue weighted by Gasteiger charge is 2.10. The van der Waals surface area contributed by atoms with E-state index < -0.39 is 0 Å². The first-order valence-corrected chi connectivity index (χ1v) is 4.84. The molecule has 0 fully saturated rings. The van der Waals surface area contributed by atoms with Crippen molar-refractivity contribution in [1.29, 1.82) is 0 Å². The molecule has 0 saturated heterocycles. The van der Waals surface area contributed by atoms with E-state index in [-0.39, 0.29) is 17.9 Å². The molecule has 0 saturated carbocycles. The molecule has 0 aromatic carbocycles. The van der Waals surface area contributed by atoms with Gasteiger partial charge < -0.3 is 4.74 Å². The van der Waals surface area contributed by atoms with Crippen LogP contribution in [-0.4, -0.2) is 33.2 Å². The number of hydrogen-bond acceptors (Lipinski definition) is 6. The summed E-state index contributed by atoms with van der Waals surface area (Å²) in [4.78, 5) is 19.6. The van der Waals surface area contributed by atoms with E-state index >= 15 is 0 Å². The van der Waals surface area contributed by atoms with Crippen LogP contribution in [0.1, 0.15) is 9.67 Å². The number of amides is 1. The molecule has 2 aromatic heterocycles. The van der Waals surface area contributed by atoms with Gasteiger partial charge in [0.05, 0.1) is 18.8 Å². The second-order valence-electron chi connectivity index (χ2n) is 2.49. The van der Waals surface area contributed by atoms with Crippen LogP contribution in [0.4, 0.5) is 5.95 Å². The first kappa shape index (κ1) is 9.59. The number of aromatic amines is 1. The summed E-state index contributed by atoms with van der Waals surface area (Å²) < 4.78 is 4.75. The summed E-state index contributed by atoms with van der Waals surface area (Å²) in [6, 6.07) is 0.176. The van der Waals surface area contributed by atoms with Crippen LogP contribution in [0.15, 0.2) is 11.7 Å². The molecular formula is C7H7N5O2S. The Bertz CT molecular complexity index is 452. The van der Waals surface area contributed by atoms with Crippen molar-refractivity contribution in [3.63, 3.8) is 0 Å². The first-order valence-electron chi connectivity index (χ1n) is 3.96. The summed E-state index contributed by atoms with van der Waals surface area (Å²) in [6.45, 7) is 0. The second kappa shape index (κ2) is 4.05. The van der Waals surface area contributed by atoms with Gasteiger partial charge in [0, 0.05) is 0 Å². The number of methoxy groups -OCH3 is 1. The monoisotopic (exact) mass is 225 g/mol. The molecule has 0 aliphatic rings. The Morgan fingerprint density at radius 2 is 2.53 bits per heavy atom.